The Kier molecular flexibility index (Phi) is 3.61. The Labute approximate surface area is 99.7 Å². The van der Waals surface area contributed by atoms with Crippen LogP contribution in [-0.2, 0) is 0 Å². The first-order valence-electron chi connectivity index (χ1n) is 4.00. The molecule has 6 heteroatoms. The van der Waals surface area contributed by atoms with Gasteiger partial charge in [0.05, 0.1) is 21.2 Å². The van der Waals surface area contributed by atoms with Crippen LogP contribution in [0.5, 0.6) is 5.75 Å². The van der Waals surface area contributed by atoms with Crippen LogP contribution in [0.15, 0.2) is 12.1 Å². The molecule has 0 radical (unpaired) electrons. The number of Topliss-reactive ketones (excluding diaryl/α,β-unsaturated/α-hetero) is 1. The average Bonchev–Trinajstić information content (AvgIpc) is 2.15. The predicted molar refractivity (Wildman–Crippen MR) is 62.4 cm³/mol. The Hall–Kier alpha value is -1.18. The highest BCUT2D eigenvalue weighted by atomic mass is 127. The zero-order valence-electron chi connectivity index (χ0n) is 8.11. The molecule has 0 spiro atoms. The molecule has 0 bridgehead atoms. The Morgan fingerprint density at radius 3 is 2.53 bits per heavy atom. The van der Waals surface area contributed by atoms with Gasteiger partial charge in [0.25, 0.3) is 5.69 Å². The molecule has 80 valence electrons. The summed E-state index contributed by atoms with van der Waals surface area (Å²) in [6.45, 7) is 1.29. The number of ketones is 1. The number of nitro groups is 1. The first kappa shape index (κ1) is 11.9. The first-order valence-corrected chi connectivity index (χ1v) is 5.08. The zero-order valence-corrected chi connectivity index (χ0v) is 10.3. The molecule has 15 heavy (non-hydrogen) atoms. The highest BCUT2D eigenvalue weighted by Gasteiger charge is 2.22. The van der Waals surface area contributed by atoms with Crippen molar-refractivity contribution in [3.8, 4) is 5.75 Å². The molecule has 0 unspecified atom stereocenters. The third kappa shape index (κ3) is 2.44. The molecule has 0 N–H and O–H groups in total. The SMILES string of the molecule is COc1cc(I)c([N+](=O)[O-])c(C(C)=O)c1. The molecule has 0 aliphatic rings. The van der Waals surface area contributed by atoms with Crippen molar-refractivity contribution in [3.05, 3.63) is 31.4 Å². The topological polar surface area (TPSA) is 69.4 Å². The molecule has 1 aromatic carbocycles. The van der Waals surface area contributed by atoms with Crippen molar-refractivity contribution in [1.29, 1.82) is 0 Å². The summed E-state index contributed by atoms with van der Waals surface area (Å²) in [6, 6.07) is 2.90. The van der Waals surface area contributed by atoms with E-state index in [0.717, 1.165) is 0 Å². The van der Waals surface area contributed by atoms with E-state index >= 15 is 0 Å². The van der Waals surface area contributed by atoms with Crippen LogP contribution in [0, 0.1) is 13.7 Å². The van der Waals surface area contributed by atoms with Gasteiger partial charge in [0.2, 0.25) is 0 Å². The maximum Gasteiger partial charge on any atom is 0.293 e. The van der Waals surface area contributed by atoms with Crippen molar-refractivity contribution < 1.29 is 14.5 Å². The van der Waals surface area contributed by atoms with E-state index in [1.165, 1.54) is 26.2 Å². The lowest BCUT2D eigenvalue weighted by molar-refractivity contribution is -0.386. The number of carbonyl (C=O) groups is 1. The summed E-state index contributed by atoms with van der Waals surface area (Å²) in [5.74, 6) is 0.0914. The van der Waals surface area contributed by atoms with Crippen LogP contribution in [0.25, 0.3) is 0 Å². The van der Waals surface area contributed by atoms with Crippen molar-refractivity contribution in [3.63, 3.8) is 0 Å². The van der Waals surface area contributed by atoms with Gasteiger partial charge in [-0.3, -0.25) is 14.9 Å². The maximum absolute atomic E-state index is 11.2. The molecule has 0 atom stereocenters. The van der Waals surface area contributed by atoms with Gasteiger partial charge in [0.15, 0.2) is 5.78 Å². The fourth-order valence-electron chi connectivity index (χ4n) is 1.15. The summed E-state index contributed by atoms with van der Waals surface area (Å²) in [4.78, 5) is 21.4. The van der Waals surface area contributed by atoms with Gasteiger partial charge < -0.3 is 4.74 Å². The number of hydrogen-bond donors (Lipinski definition) is 0. The molecule has 0 saturated heterocycles. The van der Waals surface area contributed by atoms with Crippen LogP contribution in [-0.4, -0.2) is 17.8 Å². The number of methoxy groups -OCH3 is 1. The number of rotatable bonds is 3. The number of nitrogens with zero attached hydrogens (tertiary/aromatic N) is 1. The summed E-state index contributed by atoms with van der Waals surface area (Å²) >= 11 is 1.81. The smallest absolute Gasteiger partial charge is 0.293 e. The molecular weight excluding hydrogens is 313 g/mol. The van der Waals surface area contributed by atoms with Crippen molar-refractivity contribution in [1.82, 2.24) is 0 Å². The minimum atomic E-state index is -0.558. The van der Waals surface area contributed by atoms with Gasteiger partial charge >= 0.3 is 0 Å². The van der Waals surface area contributed by atoms with E-state index in [4.69, 9.17) is 4.74 Å². The molecular formula is C9H8INO4. The van der Waals surface area contributed by atoms with Crippen LogP contribution in [0.2, 0.25) is 0 Å². The van der Waals surface area contributed by atoms with Crippen LogP contribution < -0.4 is 4.74 Å². The van der Waals surface area contributed by atoms with E-state index in [2.05, 4.69) is 0 Å². The zero-order chi connectivity index (χ0) is 11.6. The summed E-state index contributed by atoms with van der Waals surface area (Å²) in [7, 11) is 1.45. The molecule has 0 saturated carbocycles. The van der Waals surface area contributed by atoms with Gasteiger partial charge in [-0.2, -0.15) is 0 Å². The predicted octanol–water partition coefficient (Wildman–Crippen LogP) is 2.41. The lowest BCUT2D eigenvalue weighted by Crippen LogP contribution is -2.03. The third-order valence-electron chi connectivity index (χ3n) is 1.83. The molecule has 5 nitrogen and oxygen atoms in total. The molecule has 0 aliphatic carbocycles. The Morgan fingerprint density at radius 2 is 2.13 bits per heavy atom. The number of hydrogen-bond acceptors (Lipinski definition) is 4. The lowest BCUT2D eigenvalue weighted by Gasteiger charge is -2.05. The second kappa shape index (κ2) is 4.56. The molecule has 1 aromatic rings. The van der Waals surface area contributed by atoms with Crippen LogP contribution in [0.4, 0.5) is 5.69 Å². The van der Waals surface area contributed by atoms with Crippen molar-refractivity contribution in [2.24, 2.45) is 0 Å². The quantitative estimate of drug-likeness (QED) is 0.371. The van der Waals surface area contributed by atoms with Crippen LogP contribution in [0.1, 0.15) is 17.3 Å². The highest BCUT2D eigenvalue weighted by Crippen LogP contribution is 2.30. The molecule has 0 aromatic heterocycles. The molecule has 0 amide bonds. The van der Waals surface area contributed by atoms with Gasteiger partial charge in [0.1, 0.15) is 5.75 Å². The second-order valence-electron chi connectivity index (χ2n) is 2.82. The van der Waals surface area contributed by atoms with Crippen molar-refractivity contribution in [2.75, 3.05) is 7.11 Å². The van der Waals surface area contributed by atoms with Gasteiger partial charge in [-0.1, -0.05) is 0 Å². The van der Waals surface area contributed by atoms with E-state index in [0.29, 0.717) is 9.32 Å². The number of nitro benzene ring substituents is 1. The average molecular weight is 321 g/mol. The monoisotopic (exact) mass is 321 g/mol. The first-order chi connectivity index (χ1) is 6.97. The molecule has 0 fully saturated rings. The van der Waals surface area contributed by atoms with Crippen molar-refractivity contribution >= 4 is 34.1 Å². The fourth-order valence-corrected chi connectivity index (χ4v) is 1.94. The molecule has 0 aliphatic heterocycles. The maximum atomic E-state index is 11.2. The molecule has 0 heterocycles. The summed E-state index contributed by atoms with van der Waals surface area (Å²) in [6.07, 6.45) is 0. The minimum absolute atomic E-state index is 0.0729. The summed E-state index contributed by atoms with van der Waals surface area (Å²) in [5.41, 5.74) is -0.0901. The van der Waals surface area contributed by atoms with Crippen molar-refractivity contribution in [2.45, 2.75) is 6.92 Å². The van der Waals surface area contributed by atoms with Gasteiger partial charge in [-0.05, 0) is 35.6 Å². The summed E-state index contributed by atoms with van der Waals surface area (Å²) < 4.78 is 5.33. The fraction of sp³-hybridized carbons (Fsp3) is 0.222. The highest BCUT2D eigenvalue weighted by molar-refractivity contribution is 14.1. The van der Waals surface area contributed by atoms with E-state index in [1.54, 1.807) is 0 Å². The van der Waals surface area contributed by atoms with Gasteiger partial charge in [-0.15, -0.1) is 0 Å². The summed E-state index contributed by atoms with van der Waals surface area (Å²) in [5, 5.41) is 10.8. The van der Waals surface area contributed by atoms with E-state index < -0.39 is 4.92 Å². The third-order valence-corrected chi connectivity index (χ3v) is 2.66. The van der Waals surface area contributed by atoms with E-state index in [9.17, 15) is 14.9 Å². The minimum Gasteiger partial charge on any atom is -0.497 e. The Bertz CT molecular complexity index is 430. The number of ether oxygens (including phenoxy) is 1. The van der Waals surface area contributed by atoms with E-state index in [-0.39, 0.29) is 17.0 Å². The van der Waals surface area contributed by atoms with Crippen LogP contribution in [0.3, 0.4) is 0 Å². The van der Waals surface area contributed by atoms with E-state index in [1.807, 2.05) is 22.6 Å². The Morgan fingerprint density at radius 1 is 1.53 bits per heavy atom. The number of benzene rings is 1. The second-order valence-corrected chi connectivity index (χ2v) is 3.98. The van der Waals surface area contributed by atoms with Gasteiger partial charge in [0, 0.05) is 6.07 Å². The largest absolute Gasteiger partial charge is 0.497 e. The van der Waals surface area contributed by atoms with Gasteiger partial charge in [-0.25, -0.2) is 0 Å². The normalized spacial score (nSPS) is 9.80. The Balaban J connectivity index is 3.49. The number of halogens is 1. The molecule has 1 rings (SSSR count). The lowest BCUT2D eigenvalue weighted by atomic mass is 10.1. The standard InChI is InChI=1S/C9H8INO4/c1-5(12)7-3-6(15-2)4-8(10)9(7)11(13)14/h3-4H,1-2H3. The number of carbonyl (C=O) groups excluding carboxylic acids is 1. The van der Waals surface area contributed by atoms with Crippen LogP contribution >= 0.6 is 22.6 Å².